The first-order valence-electron chi connectivity index (χ1n) is 8.88. The van der Waals surface area contributed by atoms with Gasteiger partial charge >= 0.3 is 5.97 Å². The third-order valence-electron chi connectivity index (χ3n) is 4.41. The van der Waals surface area contributed by atoms with Crippen molar-refractivity contribution >= 4 is 5.97 Å². The van der Waals surface area contributed by atoms with Gasteiger partial charge in [0.15, 0.2) is 0 Å². The molecule has 4 nitrogen and oxygen atoms in total. The normalized spacial score (nSPS) is 10.7. The van der Waals surface area contributed by atoms with Crippen LogP contribution in [0.25, 0.3) is 11.3 Å². The Hall–Kier alpha value is -3.08. The smallest absolute Gasteiger partial charge is 0.303 e. The Balaban J connectivity index is 1.78. The Morgan fingerprint density at radius 1 is 1.04 bits per heavy atom. The number of carboxylic acid groups (broad SMARTS) is 1. The zero-order valence-corrected chi connectivity index (χ0v) is 15.2. The molecule has 1 heterocycles. The number of hydrogen-bond acceptors (Lipinski definition) is 2. The quantitative estimate of drug-likeness (QED) is 0.628. The number of aromatic nitrogens is 1. The highest BCUT2D eigenvalue weighted by molar-refractivity contribution is 5.67. The summed E-state index contributed by atoms with van der Waals surface area (Å²) in [4.78, 5) is 11.0. The van der Waals surface area contributed by atoms with Crippen LogP contribution in [0.1, 0.15) is 17.7 Å². The third-order valence-corrected chi connectivity index (χ3v) is 4.41. The molecule has 2 aromatic carbocycles. The number of hydrogen-bond donors (Lipinski definition) is 1. The molecule has 0 aliphatic carbocycles. The monoisotopic (exact) mass is 367 g/mol. The Morgan fingerprint density at radius 3 is 2.41 bits per heavy atom. The molecule has 3 aromatic rings. The Kier molecular flexibility index (Phi) is 5.91. The molecule has 1 aromatic heterocycles. The second-order valence-electron chi connectivity index (χ2n) is 6.42. The van der Waals surface area contributed by atoms with Gasteiger partial charge in [0.25, 0.3) is 0 Å². The molecule has 0 atom stereocenters. The molecule has 0 bridgehead atoms. The molecule has 0 aliphatic rings. The van der Waals surface area contributed by atoms with Gasteiger partial charge in [0.1, 0.15) is 18.2 Å². The van der Waals surface area contributed by atoms with Crippen LogP contribution in [0.4, 0.5) is 4.39 Å². The molecule has 0 saturated carbocycles. The van der Waals surface area contributed by atoms with Gasteiger partial charge in [-0.15, -0.1) is 0 Å². The van der Waals surface area contributed by atoms with E-state index in [1.54, 1.807) is 12.1 Å². The Morgan fingerprint density at radius 2 is 1.74 bits per heavy atom. The van der Waals surface area contributed by atoms with Crippen molar-refractivity contribution in [2.24, 2.45) is 0 Å². The SMILES string of the molecule is Cc1ccc(-c2ccc(CCC(=O)O)n2CCOc2ccc(F)cc2)cc1. The molecule has 27 heavy (non-hydrogen) atoms. The van der Waals surface area contributed by atoms with Crippen LogP contribution in [0.2, 0.25) is 0 Å². The zero-order valence-electron chi connectivity index (χ0n) is 15.2. The molecule has 5 heteroatoms. The topological polar surface area (TPSA) is 51.5 Å². The lowest BCUT2D eigenvalue weighted by molar-refractivity contribution is -0.136. The number of aryl methyl sites for hydroxylation is 2. The number of aliphatic carboxylic acids is 1. The summed E-state index contributed by atoms with van der Waals surface area (Å²) in [6.45, 7) is 3.01. The summed E-state index contributed by atoms with van der Waals surface area (Å²) in [7, 11) is 0. The molecule has 0 spiro atoms. The maximum atomic E-state index is 13.0. The third kappa shape index (κ3) is 4.97. The summed E-state index contributed by atoms with van der Waals surface area (Å²) in [6, 6.07) is 18.1. The summed E-state index contributed by atoms with van der Waals surface area (Å²) in [5, 5.41) is 9.00. The zero-order chi connectivity index (χ0) is 19.2. The lowest BCUT2D eigenvalue weighted by Crippen LogP contribution is -2.13. The fourth-order valence-electron chi connectivity index (χ4n) is 2.99. The lowest BCUT2D eigenvalue weighted by Gasteiger charge is -2.15. The second-order valence-corrected chi connectivity index (χ2v) is 6.42. The first kappa shape index (κ1) is 18.7. The van der Waals surface area contributed by atoms with Gasteiger partial charge in [0.2, 0.25) is 0 Å². The van der Waals surface area contributed by atoms with Gasteiger partial charge in [0.05, 0.1) is 13.0 Å². The van der Waals surface area contributed by atoms with E-state index in [4.69, 9.17) is 9.84 Å². The van der Waals surface area contributed by atoms with E-state index in [0.717, 1.165) is 17.0 Å². The molecule has 0 radical (unpaired) electrons. The molecule has 3 rings (SSSR count). The van der Waals surface area contributed by atoms with Gasteiger partial charge in [-0.3, -0.25) is 4.79 Å². The molecule has 0 fully saturated rings. The number of halogens is 1. The highest BCUT2D eigenvalue weighted by Gasteiger charge is 2.12. The molecular weight excluding hydrogens is 345 g/mol. The van der Waals surface area contributed by atoms with Crippen LogP contribution in [-0.2, 0) is 17.8 Å². The fraction of sp³-hybridized carbons (Fsp3) is 0.227. The van der Waals surface area contributed by atoms with Gasteiger partial charge in [-0.2, -0.15) is 0 Å². The van der Waals surface area contributed by atoms with Crippen LogP contribution >= 0.6 is 0 Å². The van der Waals surface area contributed by atoms with E-state index in [2.05, 4.69) is 28.8 Å². The number of nitrogens with zero attached hydrogens (tertiary/aromatic N) is 1. The Bertz CT molecular complexity index is 898. The van der Waals surface area contributed by atoms with E-state index in [0.29, 0.717) is 25.3 Å². The average Bonchev–Trinajstić information content (AvgIpc) is 3.05. The fourth-order valence-corrected chi connectivity index (χ4v) is 2.99. The van der Waals surface area contributed by atoms with Crippen molar-refractivity contribution in [2.45, 2.75) is 26.3 Å². The molecule has 0 amide bonds. The molecule has 0 saturated heterocycles. The predicted molar refractivity (Wildman–Crippen MR) is 102 cm³/mol. The summed E-state index contributed by atoms with van der Waals surface area (Å²) < 4.78 is 20.8. The van der Waals surface area contributed by atoms with Gasteiger partial charge in [0, 0.05) is 11.4 Å². The van der Waals surface area contributed by atoms with Crippen molar-refractivity contribution < 1.29 is 19.0 Å². The highest BCUT2D eigenvalue weighted by atomic mass is 19.1. The van der Waals surface area contributed by atoms with E-state index >= 15 is 0 Å². The van der Waals surface area contributed by atoms with Crippen LogP contribution in [0.5, 0.6) is 5.75 Å². The molecule has 140 valence electrons. The maximum Gasteiger partial charge on any atom is 0.303 e. The van der Waals surface area contributed by atoms with Crippen molar-refractivity contribution in [2.75, 3.05) is 6.61 Å². The predicted octanol–water partition coefficient (Wildman–Crippen LogP) is 4.70. The standard InChI is InChI=1S/C22H22FNO3/c1-16-2-4-17(5-3-16)21-12-8-19(9-13-22(25)26)24(21)14-15-27-20-10-6-18(23)7-11-20/h2-8,10-12H,9,13-15H2,1H3,(H,25,26). The first-order valence-corrected chi connectivity index (χ1v) is 8.88. The van der Waals surface area contributed by atoms with E-state index < -0.39 is 5.97 Å². The second kappa shape index (κ2) is 8.54. The maximum absolute atomic E-state index is 13.0. The number of ether oxygens (including phenoxy) is 1. The first-order chi connectivity index (χ1) is 13.0. The van der Waals surface area contributed by atoms with Crippen LogP contribution in [0, 0.1) is 12.7 Å². The minimum atomic E-state index is -0.817. The number of rotatable bonds is 8. The molecule has 0 unspecified atom stereocenters. The minimum absolute atomic E-state index is 0.0795. The van der Waals surface area contributed by atoms with E-state index in [1.807, 2.05) is 19.1 Å². The average molecular weight is 367 g/mol. The van der Waals surface area contributed by atoms with Crippen LogP contribution in [0.15, 0.2) is 60.7 Å². The number of carbonyl (C=O) groups is 1. The van der Waals surface area contributed by atoms with Crippen LogP contribution < -0.4 is 4.74 Å². The summed E-state index contributed by atoms with van der Waals surface area (Å²) in [6.07, 6.45) is 0.536. The Labute approximate surface area is 157 Å². The van der Waals surface area contributed by atoms with E-state index in [-0.39, 0.29) is 12.2 Å². The van der Waals surface area contributed by atoms with Crippen LogP contribution in [-0.4, -0.2) is 22.2 Å². The van der Waals surface area contributed by atoms with Crippen molar-refractivity contribution in [3.05, 3.63) is 77.7 Å². The molecule has 1 N–H and O–H groups in total. The van der Waals surface area contributed by atoms with Crippen molar-refractivity contribution in [1.82, 2.24) is 4.57 Å². The minimum Gasteiger partial charge on any atom is -0.492 e. The van der Waals surface area contributed by atoms with E-state index in [9.17, 15) is 9.18 Å². The summed E-state index contributed by atoms with van der Waals surface area (Å²) in [5.41, 5.74) is 4.24. The summed E-state index contributed by atoms with van der Waals surface area (Å²) >= 11 is 0. The largest absolute Gasteiger partial charge is 0.492 e. The van der Waals surface area contributed by atoms with Crippen molar-refractivity contribution in [1.29, 1.82) is 0 Å². The summed E-state index contributed by atoms with van der Waals surface area (Å²) in [5.74, 6) is -0.514. The van der Waals surface area contributed by atoms with Gasteiger partial charge in [-0.05, 0) is 55.3 Å². The number of carboxylic acids is 1. The molecular formula is C22H22FNO3. The lowest BCUT2D eigenvalue weighted by atomic mass is 10.1. The van der Waals surface area contributed by atoms with E-state index in [1.165, 1.54) is 17.7 Å². The van der Waals surface area contributed by atoms with Gasteiger partial charge in [-0.25, -0.2) is 4.39 Å². The molecule has 0 aliphatic heterocycles. The number of benzene rings is 2. The van der Waals surface area contributed by atoms with Crippen molar-refractivity contribution in [3.63, 3.8) is 0 Å². The van der Waals surface area contributed by atoms with Gasteiger partial charge < -0.3 is 14.4 Å². The van der Waals surface area contributed by atoms with Crippen LogP contribution in [0.3, 0.4) is 0 Å². The van der Waals surface area contributed by atoms with Crippen molar-refractivity contribution in [3.8, 4) is 17.0 Å². The van der Waals surface area contributed by atoms with Gasteiger partial charge in [-0.1, -0.05) is 29.8 Å². The highest BCUT2D eigenvalue weighted by Crippen LogP contribution is 2.24.